The van der Waals surface area contributed by atoms with Crippen molar-refractivity contribution in [2.45, 2.75) is 18.4 Å². The number of anilines is 1. The number of carbonyl (C=O) groups excluding carboxylic acids is 1. The number of hydrogen-bond donors (Lipinski definition) is 1. The third-order valence-electron chi connectivity index (χ3n) is 3.57. The van der Waals surface area contributed by atoms with Crippen LogP contribution in [0.5, 0.6) is 0 Å². The normalized spacial score (nSPS) is 10.7. The second kappa shape index (κ2) is 7.29. The molecule has 3 aromatic rings. The van der Waals surface area contributed by atoms with Gasteiger partial charge in [-0.3, -0.25) is 4.79 Å². The molecule has 0 fully saturated rings. The highest BCUT2D eigenvalue weighted by atomic mass is 32.2. The Balaban J connectivity index is 1.58. The van der Waals surface area contributed by atoms with E-state index >= 15 is 0 Å². The van der Waals surface area contributed by atoms with Gasteiger partial charge in [-0.15, -0.1) is 0 Å². The Morgan fingerprint density at radius 2 is 1.83 bits per heavy atom. The number of rotatable bonds is 5. The lowest BCUT2D eigenvalue weighted by atomic mass is 10.1. The fourth-order valence-electron chi connectivity index (χ4n) is 2.29. The fourth-order valence-corrected chi connectivity index (χ4v) is 2.97. The zero-order valence-electron chi connectivity index (χ0n) is 13.0. The van der Waals surface area contributed by atoms with Gasteiger partial charge in [0.05, 0.1) is 16.3 Å². The van der Waals surface area contributed by atoms with Crippen LogP contribution in [0.4, 0.5) is 5.69 Å². The lowest BCUT2D eigenvalue weighted by Gasteiger charge is -2.06. The predicted molar refractivity (Wildman–Crippen MR) is 96.9 cm³/mol. The van der Waals surface area contributed by atoms with Crippen molar-refractivity contribution in [3.63, 3.8) is 0 Å². The first-order chi connectivity index (χ1) is 11.2. The number of thioether (sulfide) groups is 1. The van der Waals surface area contributed by atoms with Crippen LogP contribution in [0, 0.1) is 0 Å². The lowest BCUT2D eigenvalue weighted by Crippen LogP contribution is -2.14. The van der Waals surface area contributed by atoms with Gasteiger partial charge in [0.2, 0.25) is 5.91 Å². The molecule has 1 amide bonds. The number of para-hydroxylation sites is 1. The average Bonchev–Trinajstić information content (AvgIpc) is 2.60. The number of amides is 1. The molecule has 1 N–H and O–H groups in total. The van der Waals surface area contributed by atoms with Crippen molar-refractivity contribution in [2.24, 2.45) is 0 Å². The van der Waals surface area contributed by atoms with Gasteiger partial charge in [-0.05, 0) is 36.2 Å². The second-order valence-electron chi connectivity index (χ2n) is 5.23. The quantitative estimate of drug-likeness (QED) is 0.702. The van der Waals surface area contributed by atoms with Crippen molar-refractivity contribution < 1.29 is 4.79 Å². The van der Waals surface area contributed by atoms with Gasteiger partial charge in [-0.1, -0.05) is 55.1 Å². The maximum absolute atomic E-state index is 12.0. The highest BCUT2D eigenvalue weighted by molar-refractivity contribution is 7.99. The van der Waals surface area contributed by atoms with Gasteiger partial charge >= 0.3 is 0 Å². The lowest BCUT2D eigenvalue weighted by molar-refractivity contribution is -0.113. The van der Waals surface area contributed by atoms with Crippen molar-refractivity contribution in [3.8, 4) is 0 Å². The SMILES string of the molecule is CCc1ccc(NC(=O)CSc2ccc3ccccc3n2)cc1. The number of aromatic nitrogens is 1. The summed E-state index contributed by atoms with van der Waals surface area (Å²) in [4.78, 5) is 16.6. The number of pyridine rings is 1. The van der Waals surface area contributed by atoms with E-state index in [0.29, 0.717) is 5.75 Å². The molecule has 0 aliphatic heterocycles. The zero-order chi connectivity index (χ0) is 16.1. The summed E-state index contributed by atoms with van der Waals surface area (Å²) in [6.07, 6.45) is 0.998. The van der Waals surface area contributed by atoms with Gasteiger partial charge in [0, 0.05) is 11.1 Å². The molecule has 0 radical (unpaired) electrons. The molecule has 1 heterocycles. The van der Waals surface area contributed by atoms with Gasteiger partial charge in [-0.25, -0.2) is 4.98 Å². The molecule has 1 aromatic heterocycles. The standard InChI is InChI=1S/C19H18N2OS/c1-2-14-7-10-16(11-8-14)20-18(22)13-23-19-12-9-15-5-3-4-6-17(15)21-19/h3-12H,2,13H2,1H3,(H,20,22). The smallest absolute Gasteiger partial charge is 0.234 e. The Labute approximate surface area is 140 Å². The van der Waals surface area contributed by atoms with E-state index in [-0.39, 0.29) is 5.91 Å². The molecule has 23 heavy (non-hydrogen) atoms. The minimum atomic E-state index is -0.0193. The number of aryl methyl sites for hydroxylation is 1. The summed E-state index contributed by atoms with van der Waals surface area (Å²) in [5, 5.41) is 4.88. The first-order valence-electron chi connectivity index (χ1n) is 7.62. The third-order valence-corrected chi connectivity index (χ3v) is 4.50. The molecule has 0 bridgehead atoms. The van der Waals surface area contributed by atoms with Gasteiger partial charge in [0.1, 0.15) is 0 Å². The molecule has 2 aromatic carbocycles. The largest absolute Gasteiger partial charge is 0.325 e. The van der Waals surface area contributed by atoms with Crippen molar-refractivity contribution in [1.29, 1.82) is 0 Å². The van der Waals surface area contributed by atoms with E-state index in [1.54, 1.807) is 0 Å². The molecule has 0 aliphatic carbocycles. The number of hydrogen-bond acceptors (Lipinski definition) is 3. The topological polar surface area (TPSA) is 42.0 Å². The minimum absolute atomic E-state index is 0.0193. The minimum Gasteiger partial charge on any atom is -0.325 e. The highest BCUT2D eigenvalue weighted by Gasteiger charge is 2.05. The van der Waals surface area contributed by atoms with Gasteiger partial charge < -0.3 is 5.32 Å². The Hall–Kier alpha value is -2.33. The van der Waals surface area contributed by atoms with E-state index in [4.69, 9.17) is 0 Å². The summed E-state index contributed by atoms with van der Waals surface area (Å²) in [5.41, 5.74) is 3.05. The average molecular weight is 322 g/mol. The van der Waals surface area contributed by atoms with E-state index in [0.717, 1.165) is 28.0 Å². The van der Waals surface area contributed by atoms with Crippen LogP contribution >= 0.6 is 11.8 Å². The summed E-state index contributed by atoms with van der Waals surface area (Å²) in [7, 11) is 0. The molecule has 0 aliphatic rings. The number of nitrogens with one attached hydrogen (secondary N) is 1. The number of fused-ring (bicyclic) bond motifs is 1. The Morgan fingerprint density at radius 1 is 1.04 bits per heavy atom. The highest BCUT2D eigenvalue weighted by Crippen LogP contribution is 2.20. The summed E-state index contributed by atoms with van der Waals surface area (Å²) in [6.45, 7) is 2.11. The molecule has 0 spiro atoms. The molecule has 3 nitrogen and oxygen atoms in total. The van der Waals surface area contributed by atoms with E-state index in [1.165, 1.54) is 17.3 Å². The molecule has 116 valence electrons. The number of carbonyl (C=O) groups is 1. The molecule has 4 heteroatoms. The Bertz CT molecular complexity index is 815. The van der Waals surface area contributed by atoms with E-state index in [9.17, 15) is 4.79 Å². The fraction of sp³-hybridized carbons (Fsp3) is 0.158. The summed E-state index contributed by atoms with van der Waals surface area (Å²) < 4.78 is 0. The van der Waals surface area contributed by atoms with Crippen LogP contribution in [0.3, 0.4) is 0 Å². The molecule has 0 unspecified atom stereocenters. The number of benzene rings is 2. The zero-order valence-corrected chi connectivity index (χ0v) is 13.8. The summed E-state index contributed by atoms with van der Waals surface area (Å²) in [6, 6.07) is 19.9. The van der Waals surface area contributed by atoms with E-state index in [2.05, 4.69) is 17.2 Å². The van der Waals surface area contributed by atoms with Crippen LogP contribution in [0.2, 0.25) is 0 Å². The van der Waals surface area contributed by atoms with Crippen molar-refractivity contribution in [3.05, 3.63) is 66.2 Å². The first-order valence-corrected chi connectivity index (χ1v) is 8.60. The van der Waals surface area contributed by atoms with Gasteiger partial charge in [0.25, 0.3) is 0 Å². The van der Waals surface area contributed by atoms with Gasteiger partial charge in [0.15, 0.2) is 0 Å². The van der Waals surface area contributed by atoms with Crippen LogP contribution in [0.25, 0.3) is 10.9 Å². The van der Waals surface area contributed by atoms with Crippen LogP contribution in [-0.4, -0.2) is 16.6 Å². The monoisotopic (exact) mass is 322 g/mol. The second-order valence-corrected chi connectivity index (χ2v) is 6.23. The third kappa shape index (κ3) is 4.11. The van der Waals surface area contributed by atoms with E-state index < -0.39 is 0 Å². The summed E-state index contributed by atoms with van der Waals surface area (Å²) >= 11 is 1.45. The van der Waals surface area contributed by atoms with E-state index in [1.807, 2.05) is 60.7 Å². The molecule has 3 rings (SSSR count). The van der Waals surface area contributed by atoms with Gasteiger partial charge in [-0.2, -0.15) is 0 Å². The maximum atomic E-state index is 12.0. The molecule has 0 saturated carbocycles. The molecule has 0 atom stereocenters. The molecular weight excluding hydrogens is 304 g/mol. The molecule has 0 saturated heterocycles. The maximum Gasteiger partial charge on any atom is 0.234 e. The summed E-state index contributed by atoms with van der Waals surface area (Å²) in [5.74, 6) is 0.329. The Kier molecular flexibility index (Phi) is 4.93. The molecular formula is C19H18N2OS. The van der Waals surface area contributed by atoms with Crippen LogP contribution in [0.15, 0.2) is 65.7 Å². The van der Waals surface area contributed by atoms with Crippen molar-refractivity contribution in [1.82, 2.24) is 4.98 Å². The number of nitrogens with zero attached hydrogens (tertiary/aromatic N) is 1. The van der Waals surface area contributed by atoms with Crippen molar-refractivity contribution in [2.75, 3.05) is 11.1 Å². The Morgan fingerprint density at radius 3 is 2.61 bits per heavy atom. The van der Waals surface area contributed by atoms with Crippen LogP contribution < -0.4 is 5.32 Å². The van der Waals surface area contributed by atoms with Crippen molar-refractivity contribution >= 4 is 34.3 Å². The predicted octanol–water partition coefficient (Wildman–Crippen LogP) is 4.53. The van der Waals surface area contributed by atoms with Crippen LogP contribution in [-0.2, 0) is 11.2 Å². The van der Waals surface area contributed by atoms with Crippen LogP contribution in [0.1, 0.15) is 12.5 Å². The first kappa shape index (κ1) is 15.6.